The Bertz CT molecular complexity index is 1090. The fraction of sp³-hybridized carbons (Fsp3) is 0.150. The molecule has 0 bridgehead atoms. The minimum Gasteiger partial charge on any atom is -0.497 e. The Morgan fingerprint density at radius 3 is 2.19 bits per heavy atom. The summed E-state index contributed by atoms with van der Waals surface area (Å²) in [6, 6.07) is 16.7. The van der Waals surface area contributed by atoms with Gasteiger partial charge >= 0.3 is 0 Å². The molecule has 0 aliphatic rings. The van der Waals surface area contributed by atoms with Gasteiger partial charge in [0.25, 0.3) is 15.9 Å². The highest BCUT2D eigenvalue weighted by atomic mass is 32.2. The average molecular weight is 384 g/mol. The van der Waals surface area contributed by atoms with E-state index in [1.807, 2.05) is 12.1 Å². The van der Waals surface area contributed by atoms with Gasteiger partial charge in [-0.25, -0.2) is 8.42 Å². The van der Waals surface area contributed by atoms with Gasteiger partial charge in [-0.05, 0) is 59.3 Å². The average Bonchev–Trinajstić information content (AvgIpc) is 2.66. The number of sulfonamides is 1. The monoisotopic (exact) mass is 384 g/mol. The molecule has 3 aromatic carbocycles. The Balaban J connectivity index is 1.86. The number of fused-ring (bicyclic) bond motifs is 1. The predicted octanol–water partition coefficient (Wildman–Crippen LogP) is 3.35. The van der Waals surface area contributed by atoms with Crippen molar-refractivity contribution >= 4 is 32.4 Å². The van der Waals surface area contributed by atoms with E-state index < -0.39 is 10.0 Å². The Morgan fingerprint density at radius 1 is 0.926 bits per heavy atom. The van der Waals surface area contributed by atoms with E-state index in [9.17, 15) is 13.2 Å². The van der Waals surface area contributed by atoms with Gasteiger partial charge in [0, 0.05) is 25.3 Å². The van der Waals surface area contributed by atoms with E-state index in [4.69, 9.17) is 4.74 Å². The first-order valence-corrected chi connectivity index (χ1v) is 9.71. The Labute approximate surface area is 158 Å². The molecule has 0 aliphatic carbocycles. The number of hydrogen-bond acceptors (Lipinski definition) is 4. The van der Waals surface area contributed by atoms with Gasteiger partial charge in [-0.3, -0.25) is 9.52 Å². The number of amides is 1. The van der Waals surface area contributed by atoms with Crippen LogP contribution in [0, 0.1) is 0 Å². The molecule has 0 heterocycles. The van der Waals surface area contributed by atoms with Crippen LogP contribution in [-0.2, 0) is 10.0 Å². The summed E-state index contributed by atoms with van der Waals surface area (Å²) in [5.74, 6) is 0.568. The molecule has 0 atom stereocenters. The van der Waals surface area contributed by atoms with Gasteiger partial charge in [-0.15, -0.1) is 0 Å². The van der Waals surface area contributed by atoms with E-state index in [2.05, 4.69) is 4.72 Å². The SMILES string of the molecule is COc1ccc2cc(S(=O)(=O)Nc3ccc(C(=O)N(C)C)cc3)ccc2c1. The first-order valence-electron chi connectivity index (χ1n) is 8.22. The van der Waals surface area contributed by atoms with Crippen molar-refractivity contribution in [1.82, 2.24) is 4.90 Å². The maximum absolute atomic E-state index is 12.7. The van der Waals surface area contributed by atoms with E-state index in [0.717, 1.165) is 10.8 Å². The lowest BCUT2D eigenvalue weighted by Gasteiger charge is -2.12. The van der Waals surface area contributed by atoms with Crippen molar-refractivity contribution in [2.75, 3.05) is 25.9 Å². The fourth-order valence-electron chi connectivity index (χ4n) is 2.65. The second-order valence-electron chi connectivity index (χ2n) is 6.26. The van der Waals surface area contributed by atoms with E-state index in [1.165, 1.54) is 4.90 Å². The number of anilines is 1. The van der Waals surface area contributed by atoms with Gasteiger partial charge in [-0.2, -0.15) is 0 Å². The quantitative estimate of drug-likeness (QED) is 0.732. The second kappa shape index (κ2) is 7.28. The van der Waals surface area contributed by atoms with E-state index in [-0.39, 0.29) is 10.8 Å². The zero-order valence-corrected chi connectivity index (χ0v) is 16.1. The number of benzene rings is 3. The maximum Gasteiger partial charge on any atom is 0.261 e. The zero-order valence-electron chi connectivity index (χ0n) is 15.3. The third-order valence-corrected chi connectivity index (χ3v) is 5.50. The number of carbonyl (C=O) groups excluding carboxylic acids is 1. The van der Waals surface area contributed by atoms with Crippen molar-refractivity contribution in [2.45, 2.75) is 4.90 Å². The van der Waals surface area contributed by atoms with Gasteiger partial charge in [0.05, 0.1) is 12.0 Å². The van der Waals surface area contributed by atoms with Crippen LogP contribution < -0.4 is 9.46 Å². The standard InChI is InChI=1S/C20H20N2O4S/c1-22(2)20(23)14-4-8-17(9-5-14)21-27(24,25)19-11-7-15-12-18(26-3)10-6-16(15)13-19/h4-13,21H,1-3H3. The molecular formula is C20H20N2O4S. The first kappa shape index (κ1) is 18.7. The molecule has 6 nitrogen and oxygen atoms in total. The predicted molar refractivity (Wildman–Crippen MR) is 106 cm³/mol. The molecule has 0 fully saturated rings. The summed E-state index contributed by atoms with van der Waals surface area (Å²) < 4.78 is 33.1. The van der Waals surface area contributed by atoms with Crippen LogP contribution in [0.3, 0.4) is 0 Å². The van der Waals surface area contributed by atoms with Gasteiger partial charge in [0.15, 0.2) is 0 Å². The number of hydrogen-bond donors (Lipinski definition) is 1. The van der Waals surface area contributed by atoms with Crippen molar-refractivity contribution in [3.8, 4) is 5.75 Å². The van der Waals surface area contributed by atoms with Crippen LogP contribution in [0.4, 0.5) is 5.69 Å². The van der Waals surface area contributed by atoms with E-state index in [1.54, 1.807) is 69.7 Å². The molecule has 0 aromatic heterocycles. The lowest BCUT2D eigenvalue weighted by molar-refractivity contribution is 0.0827. The molecule has 1 amide bonds. The first-order chi connectivity index (χ1) is 12.8. The summed E-state index contributed by atoms with van der Waals surface area (Å²) in [6.45, 7) is 0. The molecule has 1 N–H and O–H groups in total. The molecule has 140 valence electrons. The molecule has 3 rings (SSSR count). The highest BCUT2D eigenvalue weighted by molar-refractivity contribution is 7.92. The normalized spacial score (nSPS) is 11.2. The van der Waals surface area contributed by atoms with Crippen LogP contribution in [0.25, 0.3) is 10.8 Å². The molecule has 0 radical (unpaired) electrons. The molecule has 3 aromatic rings. The smallest absolute Gasteiger partial charge is 0.261 e. The lowest BCUT2D eigenvalue weighted by atomic mass is 10.1. The Hall–Kier alpha value is -3.06. The van der Waals surface area contributed by atoms with Crippen molar-refractivity contribution in [2.24, 2.45) is 0 Å². The van der Waals surface area contributed by atoms with Crippen molar-refractivity contribution in [3.63, 3.8) is 0 Å². The summed E-state index contributed by atoms with van der Waals surface area (Å²) in [7, 11) is 1.16. The van der Waals surface area contributed by atoms with Crippen LogP contribution >= 0.6 is 0 Å². The largest absolute Gasteiger partial charge is 0.497 e. The number of methoxy groups -OCH3 is 1. The van der Waals surface area contributed by atoms with E-state index >= 15 is 0 Å². The molecule has 0 spiro atoms. The molecule has 0 aliphatic heterocycles. The third kappa shape index (κ3) is 4.03. The summed E-state index contributed by atoms with van der Waals surface area (Å²) in [6.07, 6.45) is 0. The summed E-state index contributed by atoms with van der Waals surface area (Å²) in [4.78, 5) is 13.5. The highest BCUT2D eigenvalue weighted by Crippen LogP contribution is 2.25. The molecule has 7 heteroatoms. The number of rotatable bonds is 5. The van der Waals surface area contributed by atoms with Crippen molar-refractivity contribution in [3.05, 3.63) is 66.2 Å². The Kier molecular flexibility index (Phi) is 5.05. The maximum atomic E-state index is 12.7. The van der Waals surface area contributed by atoms with Crippen LogP contribution in [0.2, 0.25) is 0 Å². The van der Waals surface area contributed by atoms with Gasteiger partial charge in [0.2, 0.25) is 0 Å². The second-order valence-corrected chi connectivity index (χ2v) is 7.94. The number of ether oxygens (including phenoxy) is 1. The number of nitrogens with zero attached hydrogens (tertiary/aromatic N) is 1. The van der Waals surface area contributed by atoms with E-state index in [0.29, 0.717) is 17.0 Å². The number of nitrogens with one attached hydrogen (secondary N) is 1. The minimum atomic E-state index is -3.75. The zero-order chi connectivity index (χ0) is 19.6. The summed E-state index contributed by atoms with van der Waals surface area (Å²) in [5.41, 5.74) is 0.878. The van der Waals surface area contributed by atoms with Crippen molar-refractivity contribution < 1.29 is 17.9 Å². The van der Waals surface area contributed by atoms with Gasteiger partial charge < -0.3 is 9.64 Å². The molecule has 0 saturated carbocycles. The third-order valence-electron chi connectivity index (χ3n) is 4.12. The summed E-state index contributed by atoms with van der Waals surface area (Å²) >= 11 is 0. The van der Waals surface area contributed by atoms with Gasteiger partial charge in [-0.1, -0.05) is 12.1 Å². The molecular weight excluding hydrogens is 364 g/mol. The topological polar surface area (TPSA) is 75.7 Å². The highest BCUT2D eigenvalue weighted by Gasteiger charge is 2.15. The van der Waals surface area contributed by atoms with Gasteiger partial charge in [0.1, 0.15) is 5.75 Å². The molecule has 27 heavy (non-hydrogen) atoms. The van der Waals surface area contributed by atoms with Crippen molar-refractivity contribution in [1.29, 1.82) is 0 Å². The van der Waals surface area contributed by atoms with Crippen LogP contribution in [0.1, 0.15) is 10.4 Å². The minimum absolute atomic E-state index is 0.144. The number of carbonyl (C=O) groups is 1. The molecule has 0 unspecified atom stereocenters. The summed E-state index contributed by atoms with van der Waals surface area (Å²) in [5, 5.41) is 1.69. The van der Waals surface area contributed by atoms with Crippen LogP contribution in [0.5, 0.6) is 5.75 Å². The fourth-order valence-corrected chi connectivity index (χ4v) is 3.74. The van der Waals surface area contributed by atoms with Crippen LogP contribution in [-0.4, -0.2) is 40.4 Å². The Morgan fingerprint density at radius 2 is 1.56 bits per heavy atom. The lowest BCUT2D eigenvalue weighted by Crippen LogP contribution is -2.21. The molecule has 0 saturated heterocycles. The van der Waals surface area contributed by atoms with Crippen LogP contribution in [0.15, 0.2) is 65.6 Å².